The molecule has 0 unspecified atom stereocenters. The first kappa shape index (κ1) is 22.8. The third-order valence-electron chi connectivity index (χ3n) is 7.37. The van der Waals surface area contributed by atoms with Crippen LogP contribution in [0.5, 0.6) is 5.75 Å². The van der Waals surface area contributed by atoms with Gasteiger partial charge in [0.15, 0.2) is 0 Å². The molecule has 0 bridgehead atoms. The van der Waals surface area contributed by atoms with Crippen LogP contribution in [0.2, 0.25) is 0 Å². The summed E-state index contributed by atoms with van der Waals surface area (Å²) in [4.78, 5) is 21.0. The number of benzene rings is 3. The van der Waals surface area contributed by atoms with Crippen LogP contribution in [0.1, 0.15) is 21.5 Å². The first-order valence-electron chi connectivity index (χ1n) is 12.9. The fraction of sp³-hybridized carbons (Fsp3) is 0.300. The molecule has 2 N–H and O–H groups in total. The van der Waals surface area contributed by atoms with Gasteiger partial charge in [0.2, 0.25) is 0 Å². The number of hydrogen-bond donors (Lipinski definition) is 2. The molecule has 6 heteroatoms. The van der Waals surface area contributed by atoms with Crippen LogP contribution in [0.25, 0.3) is 22.2 Å². The van der Waals surface area contributed by atoms with Gasteiger partial charge >= 0.3 is 0 Å². The molecule has 0 aliphatic carbocycles. The first-order valence-corrected chi connectivity index (χ1v) is 12.9. The Morgan fingerprint density at radius 3 is 2.42 bits per heavy atom. The van der Waals surface area contributed by atoms with Gasteiger partial charge in [-0.2, -0.15) is 0 Å². The third-order valence-corrected chi connectivity index (χ3v) is 7.37. The van der Waals surface area contributed by atoms with Crippen molar-refractivity contribution in [2.45, 2.75) is 13.0 Å². The smallest absolute Gasteiger partial charge is 0.251 e. The highest BCUT2D eigenvalue weighted by molar-refractivity contribution is 6.10. The molecule has 0 saturated carbocycles. The van der Waals surface area contributed by atoms with Crippen LogP contribution < -0.4 is 10.1 Å². The molecular weight excluding hydrogens is 448 g/mol. The highest BCUT2D eigenvalue weighted by Crippen LogP contribution is 2.34. The topological polar surface area (TPSA) is 60.6 Å². The second-order valence-electron chi connectivity index (χ2n) is 9.69. The average Bonchev–Trinajstić information content (AvgIpc) is 3.20. The Kier molecular flexibility index (Phi) is 6.45. The molecule has 4 aromatic rings. The monoisotopic (exact) mass is 480 g/mol. The number of aromatic nitrogens is 1. The maximum Gasteiger partial charge on any atom is 0.251 e. The quantitative estimate of drug-likeness (QED) is 0.414. The van der Waals surface area contributed by atoms with Crippen molar-refractivity contribution in [3.05, 3.63) is 89.5 Å². The van der Waals surface area contributed by atoms with E-state index in [1.165, 1.54) is 11.1 Å². The largest absolute Gasteiger partial charge is 0.492 e. The SMILES string of the molecule is O=C1NCCc2c(-c3ccc(OCCN4CCN(Cc5ccccc5)CC4)cc3)[nH]c3cccc1c23. The molecule has 6 nitrogen and oxygen atoms in total. The molecule has 2 aliphatic rings. The lowest BCUT2D eigenvalue weighted by atomic mass is 10.0. The van der Waals surface area contributed by atoms with E-state index in [1.54, 1.807) is 0 Å². The number of aromatic amines is 1. The van der Waals surface area contributed by atoms with E-state index in [0.717, 1.165) is 79.2 Å². The predicted molar refractivity (Wildman–Crippen MR) is 143 cm³/mol. The molecule has 3 heterocycles. The van der Waals surface area contributed by atoms with Gasteiger partial charge in [0.05, 0.1) is 0 Å². The molecule has 0 spiro atoms. The summed E-state index contributed by atoms with van der Waals surface area (Å²) in [6.07, 6.45) is 0.814. The summed E-state index contributed by atoms with van der Waals surface area (Å²) in [6, 6.07) is 24.9. The third kappa shape index (κ3) is 4.74. The number of rotatable bonds is 7. The van der Waals surface area contributed by atoms with Gasteiger partial charge in [-0.15, -0.1) is 0 Å². The lowest BCUT2D eigenvalue weighted by molar-refractivity contribution is 0.0957. The summed E-state index contributed by atoms with van der Waals surface area (Å²) in [7, 11) is 0. The highest BCUT2D eigenvalue weighted by atomic mass is 16.5. The maximum atomic E-state index is 12.4. The summed E-state index contributed by atoms with van der Waals surface area (Å²) in [5.74, 6) is 0.896. The minimum atomic E-state index is 0.00579. The molecule has 2 aliphatic heterocycles. The minimum Gasteiger partial charge on any atom is -0.492 e. The Morgan fingerprint density at radius 1 is 0.833 bits per heavy atom. The van der Waals surface area contributed by atoms with Crippen molar-refractivity contribution in [1.29, 1.82) is 0 Å². The Labute approximate surface area is 211 Å². The lowest BCUT2D eigenvalue weighted by Gasteiger charge is -2.34. The van der Waals surface area contributed by atoms with Crippen molar-refractivity contribution in [2.75, 3.05) is 45.9 Å². The molecule has 6 rings (SSSR count). The van der Waals surface area contributed by atoms with Gasteiger partial charge < -0.3 is 15.0 Å². The van der Waals surface area contributed by atoms with Crippen LogP contribution in [0.4, 0.5) is 0 Å². The minimum absolute atomic E-state index is 0.00579. The fourth-order valence-electron chi connectivity index (χ4n) is 5.42. The van der Waals surface area contributed by atoms with Crippen LogP contribution in [0.15, 0.2) is 72.8 Å². The van der Waals surface area contributed by atoms with Crippen LogP contribution in [-0.2, 0) is 13.0 Å². The van der Waals surface area contributed by atoms with Crippen LogP contribution >= 0.6 is 0 Å². The number of piperazine rings is 1. The van der Waals surface area contributed by atoms with Crippen LogP contribution in [0.3, 0.4) is 0 Å². The molecule has 0 atom stereocenters. The van der Waals surface area contributed by atoms with E-state index in [9.17, 15) is 4.79 Å². The van der Waals surface area contributed by atoms with E-state index >= 15 is 0 Å². The summed E-state index contributed by atoms with van der Waals surface area (Å²) >= 11 is 0. The van der Waals surface area contributed by atoms with Gasteiger partial charge in [-0.1, -0.05) is 36.4 Å². The Balaban J connectivity index is 1.04. The number of nitrogens with one attached hydrogen (secondary N) is 2. The molecule has 1 amide bonds. The zero-order valence-corrected chi connectivity index (χ0v) is 20.5. The summed E-state index contributed by atoms with van der Waals surface area (Å²) in [5, 5.41) is 4.06. The molecule has 1 aromatic heterocycles. The molecular formula is C30H32N4O2. The number of ether oxygens (including phenoxy) is 1. The zero-order chi connectivity index (χ0) is 24.3. The van der Waals surface area contributed by atoms with Gasteiger partial charge in [-0.25, -0.2) is 0 Å². The Hall–Kier alpha value is -3.61. The molecule has 184 valence electrons. The summed E-state index contributed by atoms with van der Waals surface area (Å²) in [5.41, 5.74) is 6.56. The Morgan fingerprint density at radius 2 is 1.61 bits per heavy atom. The lowest BCUT2D eigenvalue weighted by Crippen LogP contribution is -2.47. The van der Waals surface area contributed by atoms with Gasteiger partial charge in [-0.05, 0) is 59.5 Å². The van der Waals surface area contributed by atoms with E-state index in [4.69, 9.17) is 4.74 Å². The zero-order valence-electron chi connectivity index (χ0n) is 20.5. The van der Waals surface area contributed by atoms with Crippen LogP contribution in [-0.4, -0.2) is 66.6 Å². The number of carbonyl (C=O) groups excluding carboxylic acids is 1. The van der Waals surface area contributed by atoms with E-state index in [2.05, 4.69) is 62.6 Å². The fourth-order valence-corrected chi connectivity index (χ4v) is 5.42. The van der Waals surface area contributed by atoms with Gasteiger partial charge in [-0.3, -0.25) is 14.6 Å². The van der Waals surface area contributed by atoms with Crippen LogP contribution in [0, 0.1) is 0 Å². The number of H-pyrrole nitrogens is 1. The first-order chi connectivity index (χ1) is 17.7. The van der Waals surface area contributed by atoms with E-state index in [1.807, 2.05) is 30.3 Å². The number of hydrogen-bond acceptors (Lipinski definition) is 4. The van der Waals surface area contributed by atoms with E-state index < -0.39 is 0 Å². The van der Waals surface area contributed by atoms with Crippen molar-refractivity contribution in [3.8, 4) is 17.0 Å². The second kappa shape index (κ2) is 10.2. The second-order valence-corrected chi connectivity index (χ2v) is 9.69. The predicted octanol–water partition coefficient (Wildman–Crippen LogP) is 4.32. The Bertz CT molecular complexity index is 1340. The average molecular weight is 481 g/mol. The number of nitrogens with zero attached hydrogens (tertiary/aromatic N) is 2. The highest BCUT2D eigenvalue weighted by Gasteiger charge is 2.22. The van der Waals surface area contributed by atoms with Crippen molar-refractivity contribution < 1.29 is 9.53 Å². The molecule has 0 radical (unpaired) electrons. The summed E-state index contributed by atoms with van der Waals surface area (Å²) in [6.45, 7) is 7.66. The molecule has 1 saturated heterocycles. The normalized spacial score (nSPS) is 16.6. The standard InChI is InChI=1S/C30H32N4O2/c35-30-26-7-4-8-27-28(26)25(13-14-31-30)29(32-27)23-9-11-24(12-10-23)36-20-19-33-15-17-34(18-16-33)21-22-5-2-1-3-6-22/h1-12,32H,13-21H2,(H,31,35). The van der Waals surface area contributed by atoms with Crippen molar-refractivity contribution in [3.63, 3.8) is 0 Å². The van der Waals surface area contributed by atoms with Gasteiger partial charge in [0.25, 0.3) is 5.91 Å². The van der Waals surface area contributed by atoms with Gasteiger partial charge in [0, 0.05) is 68.0 Å². The van der Waals surface area contributed by atoms with Crippen molar-refractivity contribution >= 4 is 16.8 Å². The van der Waals surface area contributed by atoms with Crippen molar-refractivity contribution in [2.24, 2.45) is 0 Å². The summed E-state index contributed by atoms with van der Waals surface area (Å²) < 4.78 is 6.08. The maximum absolute atomic E-state index is 12.4. The molecule has 36 heavy (non-hydrogen) atoms. The number of amides is 1. The molecule has 3 aromatic carbocycles. The van der Waals surface area contributed by atoms with E-state index in [-0.39, 0.29) is 5.91 Å². The number of carbonyl (C=O) groups is 1. The van der Waals surface area contributed by atoms with E-state index in [0.29, 0.717) is 13.2 Å². The molecule has 1 fully saturated rings. The van der Waals surface area contributed by atoms with Gasteiger partial charge in [0.1, 0.15) is 12.4 Å². The van der Waals surface area contributed by atoms with Crippen molar-refractivity contribution in [1.82, 2.24) is 20.1 Å².